The summed E-state index contributed by atoms with van der Waals surface area (Å²) < 4.78 is 4.92. The lowest BCUT2D eigenvalue weighted by Crippen LogP contribution is -2.50. The molecule has 6 nitrogen and oxygen atoms in total. The van der Waals surface area contributed by atoms with Gasteiger partial charge in [0, 0.05) is 24.8 Å². The van der Waals surface area contributed by atoms with Crippen molar-refractivity contribution in [2.75, 3.05) is 25.0 Å². The number of carbonyl (C=O) groups excluding carboxylic acids is 2. The topological polar surface area (TPSA) is 70.7 Å². The molecule has 2 N–H and O–H groups in total. The Morgan fingerprint density at radius 3 is 2.40 bits per heavy atom. The Morgan fingerprint density at radius 2 is 1.84 bits per heavy atom. The van der Waals surface area contributed by atoms with E-state index in [1.165, 1.54) is 0 Å². The number of nitrogens with zero attached hydrogens (tertiary/aromatic N) is 1. The molecule has 1 aromatic rings. The van der Waals surface area contributed by atoms with Gasteiger partial charge in [-0.3, -0.25) is 9.69 Å². The van der Waals surface area contributed by atoms with Crippen molar-refractivity contribution in [1.29, 1.82) is 0 Å². The molecule has 0 aliphatic carbocycles. The van der Waals surface area contributed by atoms with E-state index in [9.17, 15) is 9.59 Å². The van der Waals surface area contributed by atoms with Crippen LogP contribution < -0.4 is 10.6 Å². The number of benzene rings is 1. The van der Waals surface area contributed by atoms with Crippen LogP contribution in [0.15, 0.2) is 18.2 Å². The average Bonchev–Trinajstić information content (AvgIpc) is 2.58. The van der Waals surface area contributed by atoms with Gasteiger partial charge in [-0.2, -0.15) is 0 Å². The molecule has 2 rings (SSSR count). The number of para-hydroxylation sites is 1. The number of aryl methyl sites for hydroxylation is 2. The van der Waals surface area contributed by atoms with Gasteiger partial charge in [0.15, 0.2) is 0 Å². The number of carbonyl (C=O) groups is 2. The van der Waals surface area contributed by atoms with Crippen molar-refractivity contribution in [1.82, 2.24) is 10.2 Å². The number of rotatable bonds is 5. The first-order valence-corrected chi connectivity index (χ1v) is 8.96. The van der Waals surface area contributed by atoms with E-state index in [0.717, 1.165) is 42.7 Å². The zero-order valence-electron chi connectivity index (χ0n) is 15.6. The highest BCUT2D eigenvalue weighted by Crippen LogP contribution is 2.21. The molecular weight excluding hydrogens is 318 g/mol. The molecule has 0 unspecified atom stereocenters. The van der Waals surface area contributed by atoms with Crippen molar-refractivity contribution in [2.24, 2.45) is 0 Å². The fourth-order valence-corrected chi connectivity index (χ4v) is 3.18. The van der Waals surface area contributed by atoms with Gasteiger partial charge < -0.3 is 15.4 Å². The second-order valence-electron chi connectivity index (χ2n) is 6.61. The molecule has 1 aromatic carbocycles. The number of hydrogen-bond donors (Lipinski definition) is 2. The smallest absolute Gasteiger partial charge is 0.407 e. The molecule has 1 aliphatic rings. The van der Waals surface area contributed by atoms with Crippen LogP contribution in [0.5, 0.6) is 0 Å². The molecule has 0 bridgehead atoms. The number of alkyl carbamates (subject to hydrolysis) is 1. The minimum Gasteiger partial charge on any atom is -0.450 e. The Kier molecular flexibility index (Phi) is 6.82. The van der Waals surface area contributed by atoms with Crippen LogP contribution in [0.3, 0.4) is 0 Å². The van der Waals surface area contributed by atoms with Gasteiger partial charge in [-0.05, 0) is 51.7 Å². The van der Waals surface area contributed by atoms with Crippen LogP contribution in [-0.4, -0.2) is 48.7 Å². The van der Waals surface area contributed by atoms with Crippen LogP contribution in [-0.2, 0) is 9.53 Å². The van der Waals surface area contributed by atoms with E-state index in [2.05, 4.69) is 15.5 Å². The molecule has 0 aromatic heterocycles. The highest BCUT2D eigenvalue weighted by Gasteiger charge is 2.27. The molecule has 1 atom stereocenters. The summed E-state index contributed by atoms with van der Waals surface area (Å²) in [4.78, 5) is 26.3. The monoisotopic (exact) mass is 347 g/mol. The van der Waals surface area contributed by atoms with Gasteiger partial charge >= 0.3 is 6.09 Å². The van der Waals surface area contributed by atoms with Crippen LogP contribution >= 0.6 is 0 Å². The summed E-state index contributed by atoms with van der Waals surface area (Å²) in [5.41, 5.74) is 3.04. The maximum atomic E-state index is 12.6. The van der Waals surface area contributed by atoms with E-state index < -0.39 is 0 Å². The molecule has 0 spiro atoms. The summed E-state index contributed by atoms with van der Waals surface area (Å²) in [6.07, 6.45) is 1.28. The van der Waals surface area contributed by atoms with Crippen molar-refractivity contribution >= 4 is 17.7 Å². The Labute approximate surface area is 149 Å². The number of nitrogens with one attached hydrogen (secondary N) is 2. The van der Waals surface area contributed by atoms with Gasteiger partial charge in [0.25, 0.3) is 0 Å². The van der Waals surface area contributed by atoms with Crippen molar-refractivity contribution in [3.63, 3.8) is 0 Å². The van der Waals surface area contributed by atoms with E-state index >= 15 is 0 Å². The normalized spacial score (nSPS) is 17.0. The first-order valence-electron chi connectivity index (χ1n) is 8.96. The van der Waals surface area contributed by atoms with Crippen molar-refractivity contribution < 1.29 is 14.3 Å². The molecule has 1 aliphatic heterocycles. The summed E-state index contributed by atoms with van der Waals surface area (Å²) in [6.45, 7) is 9.65. The number of ether oxygens (including phenoxy) is 1. The van der Waals surface area contributed by atoms with Crippen molar-refractivity contribution in [2.45, 2.75) is 52.6 Å². The number of piperidine rings is 1. The summed E-state index contributed by atoms with van der Waals surface area (Å²) in [7, 11) is 0. The molecule has 1 heterocycles. The fraction of sp³-hybridized carbons (Fsp3) is 0.579. The molecular formula is C19H29N3O3. The van der Waals surface area contributed by atoms with Crippen molar-refractivity contribution in [3.05, 3.63) is 29.3 Å². The van der Waals surface area contributed by atoms with Gasteiger partial charge in [0.1, 0.15) is 0 Å². The zero-order chi connectivity index (χ0) is 18.4. The largest absolute Gasteiger partial charge is 0.450 e. The highest BCUT2D eigenvalue weighted by atomic mass is 16.5. The van der Waals surface area contributed by atoms with E-state index in [4.69, 9.17) is 4.74 Å². The lowest BCUT2D eigenvalue weighted by molar-refractivity contribution is -0.121. The van der Waals surface area contributed by atoms with Gasteiger partial charge in [-0.25, -0.2) is 4.79 Å². The zero-order valence-corrected chi connectivity index (χ0v) is 15.6. The van der Waals surface area contributed by atoms with Gasteiger partial charge in [-0.15, -0.1) is 0 Å². The number of amides is 2. The lowest BCUT2D eigenvalue weighted by atomic mass is 10.0. The summed E-state index contributed by atoms with van der Waals surface area (Å²) in [5.74, 6) is 0.00852. The Morgan fingerprint density at radius 1 is 1.24 bits per heavy atom. The Hall–Kier alpha value is -2.08. The highest BCUT2D eigenvalue weighted by molar-refractivity contribution is 5.95. The maximum absolute atomic E-state index is 12.6. The molecule has 2 amide bonds. The van der Waals surface area contributed by atoms with Gasteiger partial charge in [0.05, 0.1) is 12.6 Å². The van der Waals surface area contributed by atoms with E-state index in [1.807, 2.05) is 39.0 Å². The van der Waals surface area contributed by atoms with E-state index in [0.29, 0.717) is 6.61 Å². The molecule has 1 fully saturated rings. The van der Waals surface area contributed by atoms with E-state index in [-0.39, 0.29) is 24.1 Å². The lowest BCUT2D eigenvalue weighted by Gasteiger charge is -2.35. The number of hydrogen-bond acceptors (Lipinski definition) is 4. The molecule has 1 saturated heterocycles. The maximum Gasteiger partial charge on any atom is 0.407 e. The second-order valence-corrected chi connectivity index (χ2v) is 6.61. The predicted octanol–water partition coefficient (Wildman–Crippen LogP) is 2.84. The molecule has 25 heavy (non-hydrogen) atoms. The summed E-state index contributed by atoms with van der Waals surface area (Å²) in [5, 5.41) is 5.94. The predicted molar refractivity (Wildman–Crippen MR) is 98.8 cm³/mol. The molecule has 0 saturated carbocycles. The van der Waals surface area contributed by atoms with Gasteiger partial charge in [-0.1, -0.05) is 18.2 Å². The summed E-state index contributed by atoms with van der Waals surface area (Å²) in [6, 6.07) is 5.90. The number of likely N-dealkylation sites (tertiary alicyclic amines) is 1. The third-order valence-corrected chi connectivity index (χ3v) is 4.78. The fourth-order valence-electron chi connectivity index (χ4n) is 3.18. The van der Waals surface area contributed by atoms with E-state index in [1.54, 1.807) is 6.92 Å². The van der Waals surface area contributed by atoms with Crippen LogP contribution in [0.1, 0.15) is 37.8 Å². The van der Waals surface area contributed by atoms with Crippen LogP contribution in [0, 0.1) is 13.8 Å². The number of anilines is 1. The minimum absolute atomic E-state index is 0.00852. The third kappa shape index (κ3) is 5.19. The SMILES string of the molecule is CCOC(=O)NC1CCN([C@@H](C)C(=O)Nc2c(C)cccc2C)CC1. The Bertz CT molecular complexity index is 590. The minimum atomic E-state index is -0.359. The first kappa shape index (κ1) is 19.2. The molecule has 0 radical (unpaired) electrons. The molecule has 138 valence electrons. The van der Waals surface area contributed by atoms with Crippen molar-refractivity contribution in [3.8, 4) is 0 Å². The molecule has 6 heteroatoms. The Balaban J connectivity index is 1.86. The second kappa shape index (κ2) is 8.85. The summed E-state index contributed by atoms with van der Waals surface area (Å²) >= 11 is 0. The van der Waals surface area contributed by atoms with Crippen LogP contribution in [0.25, 0.3) is 0 Å². The standard InChI is InChI=1S/C19H29N3O3/c1-5-25-19(24)20-16-9-11-22(12-10-16)15(4)18(23)21-17-13(2)7-6-8-14(17)3/h6-8,15-16H,5,9-12H2,1-4H3,(H,20,24)(H,21,23)/t15-/m0/s1. The van der Waals surface area contributed by atoms with Crippen LogP contribution in [0.4, 0.5) is 10.5 Å². The third-order valence-electron chi connectivity index (χ3n) is 4.78. The van der Waals surface area contributed by atoms with Crippen LogP contribution in [0.2, 0.25) is 0 Å². The quantitative estimate of drug-likeness (QED) is 0.859. The average molecular weight is 347 g/mol. The first-order chi connectivity index (χ1) is 11.9. The van der Waals surface area contributed by atoms with Gasteiger partial charge in [0.2, 0.25) is 5.91 Å².